The van der Waals surface area contributed by atoms with Crippen molar-refractivity contribution in [3.63, 3.8) is 0 Å². The maximum atomic E-state index is 4.53. The lowest BCUT2D eigenvalue weighted by molar-refractivity contribution is 1.44. The number of benzene rings is 3. The number of aromatic nitrogens is 1. The smallest absolute Gasteiger partial charge is 0.0708 e. The van der Waals surface area contributed by atoms with Gasteiger partial charge in [-0.05, 0) is 34.7 Å². The molecule has 0 N–H and O–H groups in total. The minimum atomic E-state index is 1.03. The fourth-order valence-electron chi connectivity index (χ4n) is 2.60. The average molecular weight is 254 g/mol. The van der Waals surface area contributed by atoms with Gasteiger partial charge in [0.15, 0.2) is 0 Å². The van der Waals surface area contributed by atoms with Gasteiger partial charge in [0, 0.05) is 17.0 Å². The Morgan fingerprint density at radius 3 is 2.60 bits per heavy atom. The minimum absolute atomic E-state index is 1.03. The summed E-state index contributed by atoms with van der Waals surface area (Å²) in [5, 5.41) is 3.61. The summed E-state index contributed by atoms with van der Waals surface area (Å²) in [6, 6.07) is 26.1. The van der Waals surface area contributed by atoms with E-state index >= 15 is 0 Å². The molecule has 1 aromatic heterocycles. The highest BCUT2D eigenvalue weighted by atomic mass is 14.6. The summed E-state index contributed by atoms with van der Waals surface area (Å²) in [7, 11) is 0. The highest BCUT2D eigenvalue weighted by molar-refractivity contribution is 6.06. The lowest BCUT2D eigenvalue weighted by Crippen LogP contribution is -1.84. The quantitative estimate of drug-likeness (QED) is 0.442. The van der Waals surface area contributed by atoms with Crippen LogP contribution in [0.4, 0.5) is 0 Å². The molecule has 20 heavy (non-hydrogen) atoms. The van der Waals surface area contributed by atoms with Crippen LogP contribution in [0.15, 0.2) is 72.9 Å². The summed E-state index contributed by atoms with van der Waals surface area (Å²) < 4.78 is 0. The van der Waals surface area contributed by atoms with E-state index in [0.717, 1.165) is 11.1 Å². The molecule has 0 atom stereocenters. The van der Waals surface area contributed by atoms with E-state index < -0.39 is 0 Å². The molecule has 0 aliphatic heterocycles. The van der Waals surface area contributed by atoms with Crippen molar-refractivity contribution in [1.29, 1.82) is 0 Å². The van der Waals surface area contributed by atoms with Gasteiger partial charge in [-0.3, -0.25) is 4.98 Å². The number of pyridine rings is 1. The molecule has 0 fully saturated rings. The second-order valence-electron chi connectivity index (χ2n) is 4.85. The van der Waals surface area contributed by atoms with Crippen LogP contribution in [0.2, 0.25) is 0 Å². The lowest BCUT2D eigenvalue weighted by Gasteiger charge is -2.06. The molecule has 0 aliphatic carbocycles. The predicted molar refractivity (Wildman–Crippen MR) is 83.5 cm³/mol. The molecule has 1 radical (unpaired) electrons. The molecule has 0 bridgehead atoms. The van der Waals surface area contributed by atoms with Gasteiger partial charge in [-0.15, -0.1) is 0 Å². The first-order valence-electron chi connectivity index (χ1n) is 6.66. The number of hydrogen-bond acceptors (Lipinski definition) is 1. The monoisotopic (exact) mass is 254 g/mol. The third-order valence-corrected chi connectivity index (χ3v) is 3.61. The minimum Gasteiger partial charge on any atom is -0.256 e. The standard InChI is InChI=1S/C19H12N/c1-2-6-14(7-3-1)15-10-11-19-18(12-15)17-9-5-4-8-16(17)13-20-19/h1-6,8-13H. The van der Waals surface area contributed by atoms with E-state index in [1.165, 1.54) is 21.7 Å². The Bertz CT molecular complexity index is 895. The van der Waals surface area contributed by atoms with Crippen molar-refractivity contribution in [3.8, 4) is 11.1 Å². The molecular formula is C19H12N. The fraction of sp³-hybridized carbons (Fsp3) is 0. The van der Waals surface area contributed by atoms with Crippen LogP contribution in [-0.4, -0.2) is 4.98 Å². The van der Waals surface area contributed by atoms with Gasteiger partial charge in [0.25, 0.3) is 0 Å². The Labute approximate surface area is 117 Å². The van der Waals surface area contributed by atoms with Gasteiger partial charge in [0.05, 0.1) is 5.52 Å². The molecule has 1 heterocycles. The summed E-state index contributed by atoms with van der Waals surface area (Å²) in [6.07, 6.45) is 1.94. The van der Waals surface area contributed by atoms with Gasteiger partial charge in [0.2, 0.25) is 0 Å². The number of fused-ring (bicyclic) bond motifs is 3. The molecule has 1 nitrogen and oxygen atoms in total. The van der Waals surface area contributed by atoms with E-state index in [1.807, 2.05) is 30.5 Å². The Morgan fingerprint density at radius 1 is 0.800 bits per heavy atom. The molecular weight excluding hydrogens is 242 g/mol. The second-order valence-corrected chi connectivity index (χ2v) is 4.85. The van der Waals surface area contributed by atoms with Gasteiger partial charge in [-0.1, -0.05) is 54.6 Å². The van der Waals surface area contributed by atoms with Gasteiger partial charge >= 0.3 is 0 Å². The molecule has 3 aromatic carbocycles. The third kappa shape index (κ3) is 1.76. The van der Waals surface area contributed by atoms with Crippen molar-refractivity contribution >= 4 is 21.7 Å². The first-order valence-corrected chi connectivity index (χ1v) is 6.66. The van der Waals surface area contributed by atoms with E-state index in [2.05, 4.69) is 53.5 Å². The van der Waals surface area contributed by atoms with E-state index in [1.54, 1.807) is 0 Å². The van der Waals surface area contributed by atoms with Crippen molar-refractivity contribution in [1.82, 2.24) is 4.98 Å². The van der Waals surface area contributed by atoms with E-state index in [0.29, 0.717) is 0 Å². The molecule has 4 rings (SSSR count). The zero-order chi connectivity index (χ0) is 13.4. The highest BCUT2D eigenvalue weighted by Crippen LogP contribution is 2.28. The van der Waals surface area contributed by atoms with Gasteiger partial charge in [-0.25, -0.2) is 0 Å². The molecule has 93 valence electrons. The first kappa shape index (κ1) is 11.2. The van der Waals surface area contributed by atoms with Crippen molar-refractivity contribution in [2.45, 2.75) is 0 Å². The van der Waals surface area contributed by atoms with Crippen LogP contribution in [0, 0.1) is 6.07 Å². The summed E-state index contributed by atoms with van der Waals surface area (Å²) >= 11 is 0. The van der Waals surface area contributed by atoms with E-state index in [9.17, 15) is 0 Å². The zero-order valence-corrected chi connectivity index (χ0v) is 10.9. The molecule has 1 heteroatoms. The van der Waals surface area contributed by atoms with Crippen molar-refractivity contribution in [2.75, 3.05) is 0 Å². The maximum Gasteiger partial charge on any atom is 0.0708 e. The fourth-order valence-corrected chi connectivity index (χ4v) is 2.60. The molecule has 0 amide bonds. The van der Waals surface area contributed by atoms with Gasteiger partial charge in [0.1, 0.15) is 0 Å². The Balaban J connectivity index is 2.05. The Morgan fingerprint density at radius 2 is 1.70 bits per heavy atom. The first-order chi connectivity index (χ1) is 9.92. The summed E-state index contributed by atoms with van der Waals surface area (Å²) in [5.41, 5.74) is 3.32. The molecule has 4 aromatic rings. The molecule has 0 saturated carbocycles. The third-order valence-electron chi connectivity index (χ3n) is 3.61. The Hall–Kier alpha value is -2.67. The summed E-state index contributed by atoms with van der Waals surface area (Å²) in [5.74, 6) is 0. The lowest BCUT2D eigenvalue weighted by atomic mass is 10.0. The van der Waals surface area contributed by atoms with E-state index in [-0.39, 0.29) is 0 Å². The van der Waals surface area contributed by atoms with Crippen LogP contribution in [0.1, 0.15) is 0 Å². The molecule has 0 spiro atoms. The number of nitrogens with zero attached hydrogens (tertiary/aromatic N) is 1. The highest BCUT2D eigenvalue weighted by Gasteiger charge is 2.04. The topological polar surface area (TPSA) is 12.9 Å². The SMILES string of the molecule is [c]1ccccc1-c1ccc2ncc3ccccc3c2c1. The normalized spacial score (nSPS) is 11.0. The maximum absolute atomic E-state index is 4.53. The van der Waals surface area contributed by atoms with Gasteiger partial charge in [-0.2, -0.15) is 0 Å². The van der Waals surface area contributed by atoms with Crippen molar-refractivity contribution < 1.29 is 0 Å². The van der Waals surface area contributed by atoms with Crippen LogP contribution < -0.4 is 0 Å². The average Bonchev–Trinajstić information content (AvgIpc) is 2.55. The van der Waals surface area contributed by atoms with Crippen LogP contribution >= 0.6 is 0 Å². The van der Waals surface area contributed by atoms with Gasteiger partial charge < -0.3 is 0 Å². The van der Waals surface area contributed by atoms with Crippen molar-refractivity contribution in [2.24, 2.45) is 0 Å². The second kappa shape index (κ2) is 4.46. The molecule has 0 unspecified atom stereocenters. The van der Waals surface area contributed by atoms with Crippen LogP contribution in [0.5, 0.6) is 0 Å². The largest absolute Gasteiger partial charge is 0.256 e. The van der Waals surface area contributed by atoms with E-state index in [4.69, 9.17) is 0 Å². The van der Waals surface area contributed by atoms with Crippen LogP contribution in [-0.2, 0) is 0 Å². The summed E-state index contributed by atoms with van der Waals surface area (Å²) in [6.45, 7) is 0. The van der Waals surface area contributed by atoms with Crippen LogP contribution in [0.25, 0.3) is 32.8 Å². The predicted octanol–water partition coefficient (Wildman–Crippen LogP) is 4.86. The molecule has 0 saturated heterocycles. The summed E-state index contributed by atoms with van der Waals surface area (Å²) in [4.78, 5) is 4.53. The number of rotatable bonds is 1. The Kier molecular flexibility index (Phi) is 2.49. The van der Waals surface area contributed by atoms with Crippen molar-refractivity contribution in [3.05, 3.63) is 79.0 Å². The zero-order valence-electron chi connectivity index (χ0n) is 10.9. The number of hydrogen-bond donors (Lipinski definition) is 0. The van der Waals surface area contributed by atoms with Crippen LogP contribution in [0.3, 0.4) is 0 Å². The molecule has 0 aliphatic rings.